The first-order valence-electron chi connectivity index (χ1n) is 5.74. The van der Waals surface area contributed by atoms with Crippen LogP contribution in [0, 0.1) is 12.3 Å². The molecule has 0 bridgehead atoms. The average Bonchev–Trinajstić information content (AvgIpc) is 2.36. The molecule has 0 spiro atoms. The highest BCUT2D eigenvalue weighted by Gasteiger charge is 2.08. The Labute approximate surface area is 111 Å². The highest BCUT2D eigenvalue weighted by molar-refractivity contribution is 6.32. The van der Waals surface area contributed by atoms with Gasteiger partial charge in [0.05, 0.1) is 11.2 Å². The van der Waals surface area contributed by atoms with E-state index in [-0.39, 0.29) is 23.7 Å². The van der Waals surface area contributed by atoms with Gasteiger partial charge in [-0.1, -0.05) is 17.5 Å². The van der Waals surface area contributed by atoms with Gasteiger partial charge in [0.15, 0.2) is 0 Å². The van der Waals surface area contributed by atoms with Crippen LogP contribution in [-0.4, -0.2) is 28.0 Å². The SMILES string of the molecule is C#CCn1ncc(Cl)c(NCCCCCO)c1=O. The second-order valence-corrected chi connectivity index (χ2v) is 4.15. The summed E-state index contributed by atoms with van der Waals surface area (Å²) in [7, 11) is 0. The Morgan fingerprint density at radius 2 is 2.28 bits per heavy atom. The van der Waals surface area contributed by atoms with Crippen molar-refractivity contribution in [3.8, 4) is 12.3 Å². The van der Waals surface area contributed by atoms with E-state index in [1.165, 1.54) is 10.9 Å². The normalized spacial score (nSPS) is 10.1. The lowest BCUT2D eigenvalue weighted by molar-refractivity contribution is 0.283. The van der Waals surface area contributed by atoms with Crippen LogP contribution >= 0.6 is 11.6 Å². The van der Waals surface area contributed by atoms with Crippen molar-refractivity contribution in [2.45, 2.75) is 25.8 Å². The molecule has 0 aliphatic carbocycles. The van der Waals surface area contributed by atoms with E-state index in [2.05, 4.69) is 16.3 Å². The molecular formula is C12H16ClN3O2. The average molecular weight is 270 g/mol. The number of hydrogen-bond acceptors (Lipinski definition) is 4. The maximum absolute atomic E-state index is 11.9. The van der Waals surface area contributed by atoms with Gasteiger partial charge in [0.25, 0.3) is 5.56 Å². The van der Waals surface area contributed by atoms with Crippen LogP contribution in [0.4, 0.5) is 5.69 Å². The number of aliphatic hydroxyl groups is 1. The zero-order chi connectivity index (χ0) is 13.4. The summed E-state index contributed by atoms with van der Waals surface area (Å²) in [5.41, 5.74) is 0.00789. The summed E-state index contributed by atoms with van der Waals surface area (Å²) >= 11 is 5.91. The molecule has 0 aromatic carbocycles. The third kappa shape index (κ3) is 4.06. The van der Waals surface area contributed by atoms with Gasteiger partial charge in [0.1, 0.15) is 12.2 Å². The number of rotatable bonds is 7. The second-order valence-electron chi connectivity index (χ2n) is 3.75. The second kappa shape index (κ2) is 7.75. The molecular weight excluding hydrogens is 254 g/mol. The summed E-state index contributed by atoms with van der Waals surface area (Å²) in [5.74, 6) is 2.36. The Kier molecular flexibility index (Phi) is 6.26. The molecule has 0 fully saturated rings. The van der Waals surface area contributed by atoms with Crippen LogP contribution in [0.25, 0.3) is 0 Å². The minimum Gasteiger partial charge on any atom is -0.396 e. The summed E-state index contributed by atoms with van der Waals surface area (Å²) in [6.45, 7) is 0.926. The maximum Gasteiger partial charge on any atom is 0.292 e. The molecule has 0 radical (unpaired) electrons. The zero-order valence-electron chi connectivity index (χ0n) is 10.0. The molecule has 18 heavy (non-hydrogen) atoms. The van der Waals surface area contributed by atoms with Crippen molar-refractivity contribution in [3.63, 3.8) is 0 Å². The highest BCUT2D eigenvalue weighted by Crippen LogP contribution is 2.15. The molecule has 5 nitrogen and oxygen atoms in total. The standard InChI is InChI=1S/C12H16ClN3O2/c1-2-7-16-12(18)11(10(13)9-15-16)14-6-4-3-5-8-17/h1,9,14,17H,3-8H2. The van der Waals surface area contributed by atoms with Crippen molar-refractivity contribution in [1.29, 1.82) is 0 Å². The Hall–Kier alpha value is -1.51. The van der Waals surface area contributed by atoms with Gasteiger partial charge in [0.2, 0.25) is 0 Å². The fourth-order valence-electron chi connectivity index (χ4n) is 1.45. The number of anilines is 1. The van der Waals surface area contributed by atoms with Gasteiger partial charge < -0.3 is 10.4 Å². The molecule has 1 aromatic rings. The number of terminal acetylenes is 1. The lowest BCUT2D eigenvalue weighted by Crippen LogP contribution is -2.26. The van der Waals surface area contributed by atoms with E-state index in [1.807, 2.05) is 0 Å². The van der Waals surface area contributed by atoms with Crippen LogP contribution in [0.5, 0.6) is 0 Å². The monoisotopic (exact) mass is 269 g/mol. The fraction of sp³-hybridized carbons (Fsp3) is 0.500. The number of halogens is 1. The van der Waals surface area contributed by atoms with Gasteiger partial charge in [-0.15, -0.1) is 6.42 Å². The first kappa shape index (κ1) is 14.6. The van der Waals surface area contributed by atoms with Crippen molar-refractivity contribution in [3.05, 3.63) is 21.6 Å². The molecule has 0 saturated heterocycles. The van der Waals surface area contributed by atoms with Crippen molar-refractivity contribution < 1.29 is 5.11 Å². The number of aliphatic hydroxyl groups excluding tert-OH is 1. The fourth-order valence-corrected chi connectivity index (χ4v) is 1.65. The summed E-state index contributed by atoms with van der Waals surface area (Å²) in [6, 6.07) is 0. The van der Waals surface area contributed by atoms with Crippen LogP contribution in [0.3, 0.4) is 0 Å². The number of nitrogens with zero attached hydrogens (tertiary/aromatic N) is 2. The van der Waals surface area contributed by atoms with Gasteiger partial charge in [-0.05, 0) is 19.3 Å². The van der Waals surface area contributed by atoms with E-state index >= 15 is 0 Å². The third-order valence-electron chi connectivity index (χ3n) is 2.38. The molecule has 1 heterocycles. The minimum atomic E-state index is -0.317. The van der Waals surface area contributed by atoms with Crippen LogP contribution in [0.2, 0.25) is 5.02 Å². The predicted molar refractivity (Wildman–Crippen MR) is 71.8 cm³/mol. The lowest BCUT2D eigenvalue weighted by Gasteiger charge is -2.09. The molecule has 6 heteroatoms. The molecule has 1 rings (SSSR count). The quantitative estimate of drug-likeness (QED) is 0.575. The first-order valence-corrected chi connectivity index (χ1v) is 6.12. The number of hydrogen-bond donors (Lipinski definition) is 2. The van der Waals surface area contributed by atoms with E-state index in [9.17, 15) is 4.79 Å². The lowest BCUT2D eigenvalue weighted by atomic mass is 10.2. The van der Waals surface area contributed by atoms with Crippen LogP contribution in [0.15, 0.2) is 11.0 Å². The Balaban J connectivity index is 2.67. The van der Waals surface area contributed by atoms with Crippen molar-refractivity contribution >= 4 is 17.3 Å². The summed E-state index contributed by atoms with van der Waals surface area (Å²) in [4.78, 5) is 11.9. The Morgan fingerprint density at radius 3 is 2.94 bits per heavy atom. The smallest absolute Gasteiger partial charge is 0.292 e. The number of unbranched alkanes of at least 4 members (excludes halogenated alkanes) is 2. The molecule has 1 aromatic heterocycles. The zero-order valence-corrected chi connectivity index (χ0v) is 10.8. The van der Waals surface area contributed by atoms with Gasteiger partial charge in [-0.3, -0.25) is 4.79 Å². The summed E-state index contributed by atoms with van der Waals surface area (Å²) in [6.07, 6.45) is 9.05. The van der Waals surface area contributed by atoms with E-state index in [4.69, 9.17) is 23.1 Å². The van der Waals surface area contributed by atoms with Gasteiger partial charge >= 0.3 is 0 Å². The minimum absolute atomic E-state index is 0.120. The molecule has 2 N–H and O–H groups in total. The Bertz CT molecular complexity index is 479. The van der Waals surface area contributed by atoms with E-state index in [0.717, 1.165) is 19.3 Å². The number of nitrogens with one attached hydrogen (secondary N) is 1. The topological polar surface area (TPSA) is 67.2 Å². The highest BCUT2D eigenvalue weighted by atomic mass is 35.5. The van der Waals surface area contributed by atoms with Gasteiger partial charge in [-0.2, -0.15) is 5.10 Å². The number of aromatic nitrogens is 2. The molecule has 0 amide bonds. The van der Waals surface area contributed by atoms with E-state index < -0.39 is 0 Å². The van der Waals surface area contributed by atoms with Gasteiger partial charge in [0, 0.05) is 13.2 Å². The van der Waals surface area contributed by atoms with E-state index in [0.29, 0.717) is 12.2 Å². The maximum atomic E-state index is 11.9. The van der Waals surface area contributed by atoms with E-state index in [1.54, 1.807) is 0 Å². The predicted octanol–water partition coefficient (Wildman–Crippen LogP) is 1.10. The summed E-state index contributed by atoms with van der Waals surface area (Å²) in [5, 5.41) is 15.8. The van der Waals surface area contributed by atoms with Crippen molar-refractivity contribution in [1.82, 2.24) is 9.78 Å². The molecule has 0 atom stereocenters. The summed E-state index contributed by atoms with van der Waals surface area (Å²) < 4.78 is 1.18. The van der Waals surface area contributed by atoms with Crippen LogP contribution in [-0.2, 0) is 6.54 Å². The molecule has 98 valence electrons. The first-order chi connectivity index (χ1) is 8.70. The molecule has 0 aliphatic rings. The Morgan fingerprint density at radius 1 is 1.50 bits per heavy atom. The van der Waals surface area contributed by atoms with Crippen LogP contribution < -0.4 is 10.9 Å². The third-order valence-corrected chi connectivity index (χ3v) is 2.66. The van der Waals surface area contributed by atoms with Crippen molar-refractivity contribution in [2.75, 3.05) is 18.5 Å². The molecule has 0 unspecified atom stereocenters. The molecule has 0 aliphatic heterocycles. The van der Waals surface area contributed by atoms with Crippen molar-refractivity contribution in [2.24, 2.45) is 0 Å². The van der Waals surface area contributed by atoms with Gasteiger partial charge in [-0.25, -0.2) is 4.68 Å². The largest absolute Gasteiger partial charge is 0.396 e. The molecule has 0 saturated carbocycles. The van der Waals surface area contributed by atoms with Crippen LogP contribution in [0.1, 0.15) is 19.3 Å².